The molecular formula is C10H18N2O2. The first-order valence-corrected chi connectivity index (χ1v) is 5.40. The lowest BCUT2D eigenvalue weighted by molar-refractivity contribution is -0.119. The van der Waals surface area contributed by atoms with Crippen LogP contribution in [0.3, 0.4) is 0 Å². The molecule has 4 nitrogen and oxygen atoms in total. The second-order valence-electron chi connectivity index (χ2n) is 4.51. The molecule has 4 heteroatoms. The van der Waals surface area contributed by atoms with Crippen molar-refractivity contribution in [3.8, 4) is 0 Å². The maximum absolute atomic E-state index is 10.9. The van der Waals surface area contributed by atoms with Gasteiger partial charge in [0, 0.05) is 25.6 Å². The monoisotopic (exact) mass is 198 g/mol. The van der Waals surface area contributed by atoms with Crippen molar-refractivity contribution in [1.82, 2.24) is 10.6 Å². The topological polar surface area (TPSA) is 61.4 Å². The predicted molar refractivity (Wildman–Crippen MR) is 52.8 cm³/mol. The molecule has 14 heavy (non-hydrogen) atoms. The van der Waals surface area contributed by atoms with Crippen LogP contribution in [-0.4, -0.2) is 35.7 Å². The zero-order valence-corrected chi connectivity index (χ0v) is 8.38. The molecule has 1 amide bonds. The van der Waals surface area contributed by atoms with Gasteiger partial charge in [-0.1, -0.05) is 0 Å². The van der Waals surface area contributed by atoms with E-state index in [-0.39, 0.29) is 11.9 Å². The van der Waals surface area contributed by atoms with E-state index in [1.165, 1.54) is 0 Å². The van der Waals surface area contributed by atoms with Gasteiger partial charge in [0.15, 0.2) is 0 Å². The molecule has 1 heterocycles. The number of aliphatic hydroxyl groups is 1. The normalized spacial score (nSPS) is 29.8. The van der Waals surface area contributed by atoms with Crippen molar-refractivity contribution >= 4 is 5.91 Å². The highest BCUT2D eigenvalue weighted by molar-refractivity contribution is 5.78. The zero-order chi connectivity index (χ0) is 10.0. The minimum atomic E-state index is -0.456. The molecule has 1 atom stereocenters. The molecule has 0 aromatic heterocycles. The standard InChI is InChI=1S/C10H18N2O2/c13-9-3-2-8(12-9)6-11-7-10(14)4-1-5-10/h8,11,14H,1-7H2,(H,12,13). The summed E-state index contributed by atoms with van der Waals surface area (Å²) >= 11 is 0. The maximum atomic E-state index is 10.9. The van der Waals surface area contributed by atoms with Gasteiger partial charge in [0.2, 0.25) is 5.91 Å². The van der Waals surface area contributed by atoms with Crippen LogP contribution in [0.2, 0.25) is 0 Å². The average molecular weight is 198 g/mol. The van der Waals surface area contributed by atoms with E-state index >= 15 is 0 Å². The first-order chi connectivity index (χ1) is 6.68. The number of rotatable bonds is 4. The van der Waals surface area contributed by atoms with Crippen molar-refractivity contribution in [2.45, 2.75) is 43.7 Å². The molecule has 3 N–H and O–H groups in total. The van der Waals surface area contributed by atoms with Gasteiger partial charge in [0.25, 0.3) is 0 Å². The van der Waals surface area contributed by atoms with E-state index in [2.05, 4.69) is 10.6 Å². The van der Waals surface area contributed by atoms with Crippen molar-refractivity contribution in [3.05, 3.63) is 0 Å². The molecule has 1 saturated carbocycles. The molecule has 2 fully saturated rings. The van der Waals surface area contributed by atoms with Crippen LogP contribution >= 0.6 is 0 Å². The molecule has 1 unspecified atom stereocenters. The van der Waals surface area contributed by atoms with Crippen molar-refractivity contribution in [2.75, 3.05) is 13.1 Å². The number of carbonyl (C=O) groups is 1. The van der Waals surface area contributed by atoms with E-state index in [4.69, 9.17) is 0 Å². The summed E-state index contributed by atoms with van der Waals surface area (Å²) in [6.45, 7) is 1.45. The molecule has 1 aliphatic heterocycles. The SMILES string of the molecule is O=C1CCC(CNCC2(O)CCC2)N1. The lowest BCUT2D eigenvalue weighted by Gasteiger charge is -2.37. The lowest BCUT2D eigenvalue weighted by atomic mass is 9.80. The highest BCUT2D eigenvalue weighted by Crippen LogP contribution is 2.30. The third-order valence-corrected chi connectivity index (χ3v) is 3.21. The summed E-state index contributed by atoms with van der Waals surface area (Å²) in [5.41, 5.74) is -0.456. The lowest BCUT2D eigenvalue weighted by Crippen LogP contribution is -2.48. The van der Waals surface area contributed by atoms with Gasteiger partial charge in [-0.3, -0.25) is 4.79 Å². The Morgan fingerprint density at radius 2 is 2.36 bits per heavy atom. The van der Waals surface area contributed by atoms with Gasteiger partial charge in [-0.2, -0.15) is 0 Å². The third kappa shape index (κ3) is 2.25. The fraction of sp³-hybridized carbons (Fsp3) is 0.900. The Balaban J connectivity index is 1.61. The Bertz CT molecular complexity index is 226. The largest absolute Gasteiger partial charge is 0.389 e. The summed E-state index contributed by atoms with van der Waals surface area (Å²) in [5.74, 6) is 0.152. The van der Waals surface area contributed by atoms with Gasteiger partial charge < -0.3 is 15.7 Å². The molecule has 0 aromatic carbocycles. The number of amides is 1. The Hall–Kier alpha value is -0.610. The number of hydrogen-bond acceptors (Lipinski definition) is 3. The summed E-state index contributed by atoms with van der Waals surface area (Å²) < 4.78 is 0. The van der Waals surface area contributed by atoms with Crippen LogP contribution in [0, 0.1) is 0 Å². The predicted octanol–water partition coefficient (Wildman–Crippen LogP) is -0.230. The van der Waals surface area contributed by atoms with Crippen LogP contribution in [0.15, 0.2) is 0 Å². The van der Waals surface area contributed by atoms with Gasteiger partial charge in [0.05, 0.1) is 5.60 Å². The molecule has 0 spiro atoms. The first kappa shape index (κ1) is 9.93. The molecule has 2 rings (SSSR count). The highest BCUT2D eigenvalue weighted by Gasteiger charge is 2.34. The second-order valence-corrected chi connectivity index (χ2v) is 4.51. The molecular weight excluding hydrogens is 180 g/mol. The minimum absolute atomic E-state index is 0.152. The van der Waals surface area contributed by atoms with Crippen LogP contribution < -0.4 is 10.6 Å². The molecule has 2 aliphatic rings. The number of nitrogens with one attached hydrogen (secondary N) is 2. The second kappa shape index (κ2) is 3.87. The van der Waals surface area contributed by atoms with Crippen molar-refractivity contribution in [2.24, 2.45) is 0 Å². The van der Waals surface area contributed by atoms with Gasteiger partial charge in [0.1, 0.15) is 0 Å². The van der Waals surface area contributed by atoms with E-state index in [0.717, 1.165) is 32.2 Å². The fourth-order valence-corrected chi connectivity index (χ4v) is 2.07. The fourth-order valence-electron chi connectivity index (χ4n) is 2.07. The van der Waals surface area contributed by atoms with Crippen LogP contribution in [-0.2, 0) is 4.79 Å². The Kier molecular flexibility index (Phi) is 2.74. The zero-order valence-electron chi connectivity index (χ0n) is 8.38. The summed E-state index contributed by atoms with van der Waals surface area (Å²) in [6, 6.07) is 0.270. The van der Waals surface area contributed by atoms with Gasteiger partial charge in [-0.15, -0.1) is 0 Å². The summed E-state index contributed by atoms with van der Waals surface area (Å²) in [4.78, 5) is 10.9. The smallest absolute Gasteiger partial charge is 0.220 e. The Morgan fingerprint density at radius 3 is 2.86 bits per heavy atom. The average Bonchev–Trinajstić information content (AvgIpc) is 2.49. The van der Waals surface area contributed by atoms with Crippen LogP contribution in [0.25, 0.3) is 0 Å². The van der Waals surface area contributed by atoms with E-state index in [1.54, 1.807) is 0 Å². The Morgan fingerprint density at radius 1 is 1.57 bits per heavy atom. The molecule has 1 saturated heterocycles. The van der Waals surface area contributed by atoms with E-state index in [1.807, 2.05) is 0 Å². The van der Waals surface area contributed by atoms with Crippen LogP contribution in [0.4, 0.5) is 0 Å². The maximum Gasteiger partial charge on any atom is 0.220 e. The first-order valence-electron chi connectivity index (χ1n) is 5.40. The number of carbonyl (C=O) groups excluding carboxylic acids is 1. The summed E-state index contributed by atoms with van der Waals surface area (Å²) in [7, 11) is 0. The third-order valence-electron chi connectivity index (χ3n) is 3.21. The molecule has 1 aliphatic carbocycles. The van der Waals surface area contributed by atoms with E-state index < -0.39 is 5.60 Å². The van der Waals surface area contributed by atoms with Crippen molar-refractivity contribution in [3.63, 3.8) is 0 Å². The summed E-state index contributed by atoms with van der Waals surface area (Å²) in [5, 5.41) is 15.9. The molecule has 0 radical (unpaired) electrons. The quantitative estimate of drug-likeness (QED) is 0.585. The molecule has 80 valence electrons. The Labute approximate surface area is 84.1 Å². The molecule has 0 bridgehead atoms. The van der Waals surface area contributed by atoms with Crippen LogP contribution in [0.1, 0.15) is 32.1 Å². The van der Waals surface area contributed by atoms with E-state index in [9.17, 15) is 9.90 Å². The summed E-state index contributed by atoms with van der Waals surface area (Å²) in [6.07, 6.45) is 4.53. The van der Waals surface area contributed by atoms with E-state index in [0.29, 0.717) is 13.0 Å². The van der Waals surface area contributed by atoms with Gasteiger partial charge in [-0.25, -0.2) is 0 Å². The minimum Gasteiger partial charge on any atom is -0.389 e. The van der Waals surface area contributed by atoms with Crippen LogP contribution in [0.5, 0.6) is 0 Å². The van der Waals surface area contributed by atoms with Crippen molar-refractivity contribution in [1.29, 1.82) is 0 Å². The highest BCUT2D eigenvalue weighted by atomic mass is 16.3. The molecule has 0 aromatic rings. The van der Waals surface area contributed by atoms with Crippen molar-refractivity contribution < 1.29 is 9.90 Å². The number of hydrogen-bond donors (Lipinski definition) is 3. The van der Waals surface area contributed by atoms with Gasteiger partial charge in [-0.05, 0) is 25.7 Å². The van der Waals surface area contributed by atoms with Gasteiger partial charge >= 0.3 is 0 Å².